The molecule has 0 aliphatic carbocycles. The first-order valence-corrected chi connectivity index (χ1v) is 12.1. The van der Waals surface area contributed by atoms with E-state index in [1.54, 1.807) is 12.1 Å². The van der Waals surface area contributed by atoms with Gasteiger partial charge in [0, 0.05) is 7.05 Å². The number of nitrogens with one attached hydrogen (secondary N) is 2. The van der Waals surface area contributed by atoms with Crippen LogP contribution in [0.1, 0.15) is 30.0 Å². The first kappa shape index (κ1) is 23.8. The molecule has 35 heavy (non-hydrogen) atoms. The van der Waals surface area contributed by atoms with E-state index in [2.05, 4.69) is 10.6 Å². The van der Waals surface area contributed by atoms with Gasteiger partial charge in [0.2, 0.25) is 17.7 Å². The molecule has 3 aliphatic heterocycles. The highest BCUT2D eigenvalue weighted by Gasteiger charge is 2.75. The number of aliphatic hydroxyl groups excluding tert-OH is 1. The van der Waals surface area contributed by atoms with Crippen molar-refractivity contribution in [3.05, 3.63) is 64.7 Å². The van der Waals surface area contributed by atoms with Gasteiger partial charge in [-0.1, -0.05) is 54.1 Å². The Morgan fingerprint density at radius 3 is 2.60 bits per heavy atom. The molecule has 3 amide bonds. The van der Waals surface area contributed by atoms with Crippen LogP contribution in [0.2, 0.25) is 5.02 Å². The fourth-order valence-corrected chi connectivity index (χ4v) is 6.47. The summed E-state index contributed by atoms with van der Waals surface area (Å²) < 4.78 is 6.38. The molecule has 2 bridgehead atoms. The Balaban J connectivity index is 1.61. The summed E-state index contributed by atoms with van der Waals surface area (Å²) in [6.45, 7) is 1.45. The van der Waals surface area contributed by atoms with Crippen molar-refractivity contribution in [3.8, 4) is 0 Å². The second kappa shape index (κ2) is 8.93. The fraction of sp³-hybridized carbons (Fsp3) is 0.423. The van der Waals surface area contributed by atoms with E-state index in [-0.39, 0.29) is 18.4 Å². The van der Waals surface area contributed by atoms with E-state index in [4.69, 9.17) is 16.3 Å². The average molecular weight is 498 g/mol. The first-order chi connectivity index (χ1) is 16.8. The number of halogens is 1. The smallest absolute Gasteiger partial charge is 0.250 e. The molecule has 9 heteroatoms. The number of nitrogens with zero attached hydrogens (tertiary/aromatic N) is 1. The van der Waals surface area contributed by atoms with Gasteiger partial charge in [0.15, 0.2) is 0 Å². The molecular weight excluding hydrogens is 470 g/mol. The van der Waals surface area contributed by atoms with Gasteiger partial charge in [-0.2, -0.15) is 0 Å². The molecule has 1 spiro atoms. The Morgan fingerprint density at radius 1 is 1.20 bits per heavy atom. The Bertz CT molecular complexity index is 1150. The van der Waals surface area contributed by atoms with Crippen LogP contribution >= 0.6 is 11.6 Å². The largest absolute Gasteiger partial charge is 0.394 e. The summed E-state index contributed by atoms with van der Waals surface area (Å²) in [5.41, 5.74) is 0.761. The third-order valence-electron chi connectivity index (χ3n) is 7.70. The van der Waals surface area contributed by atoms with E-state index in [0.717, 1.165) is 5.56 Å². The molecule has 184 valence electrons. The molecule has 5 rings (SSSR count). The Hall–Kier alpha value is -2.94. The van der Waals surface area contributed by atoms with E-state index in [9.17, 15) is 19.5 Å². The van der Waals surface area contributed by atoms with Crippen LogP contribution in [0, 0.1) is 18.8 Å². The fourth-order valence-electron chi connectivity index (χ4n) is 6.20. The minimum atomic E-state index is -1.17. The minimum absolute atomic E-state index is 0.279. The topological polar surface area (TPSA) is 108 Å². The highest BCUT2D eigenvalue weighted by molar-refractivity contribution is 6.34. The zero-order chi connectivity index (χ0) is 24.9. The SMILES string of the molecule is CNC(=O)[C@@H]1[C@H]2C(=O)N([C@H](CO)c3ccccc3)C(C(=O)Nc3c(C)cccc3Cl)C23CC[C@H]1O3. The predicted molar refractivity (Wildman–Crippen MR) is 130 cm³/mol. The van der Waals surface area contributed by atoms with Crippen molar-refractivity contribution in [1.29, 1.82) is 0 Å². The van der Waals surface area contributed by atoms with E-state index in [0.29, 0.717) is 29.1 Å². The number of carbonyl (C=O) groups excluding carboxylic acids is 3. The zero-order valence-corrected chi connectivity index (χ0v) is 20.3. The summed E-state index contributed by atoms with van der Waals surface area (Å²) in [6, 6.07) is 12.6. The molecule has 3 fully saturated rings. The van der Waals surface area contributed by atoms with Crippen molar-refractivity contribution < 1.29 is 24.2 Å². The third kappa shape index (κ3) is 3.54. The van der Waals surface area contributed by atoms with Gasteiger partial charge in [0.1, 0.15) is 11.6 Å². The molecule has 0 saturated carbocycles. The number of fused-ring (bicyclic) bond motifs is 1. The Morgan fingerprint density at radius 2 is 1.94 bits per heavy atom. The van der Waals surface area contributed by atoms with E-state index in [1.165, 1.54) is 11.9 Å². The summed E-state index contributed by atoms with van der Waals surface area (Å²) in [5, 5.41) is 16.4. The molecule has 3 saturated heterocycles. The number of rotatable bonds is 6. The summed E-state index contributed by atoms with van der Waals surface area (Å²) >= 11 is 6.38. The monoisotopic (exact) mass is 497 g/mol. The van der Waals surface area contributed by atoms with Gasteiger partial charge in [0.05, 0.1) is 41.3 Å². The van der Waals surface area contributed by atoms with Gasteiger partial charge in [-0.3, -0.25) is 14.4 Å². The van der Waals surface area contributed by atoms with Crippen molar-refractivity contribution in [3.63, 3.8) is 0 Å². The molecular formula is C26H28ClN3O5. The van der Waals surface area contributed by atoms with Crippen molar-refractivity contribution in [2.45, 2.75) is 43.6 Å². The molecule has 8 nitrogen and oxygen atoms in total. The molecule has 3 aliphatic rings. The quantitative estimate of drug-likeness (QED) is 0.568. The van der Waals surface area contributed by atoms with Gasteiger partial charge in [-0.15, -0.1) is 0 Å². The molecule has 3 heterocycles. The number of anilines is 1. The van der Waals surface area contributed by atoms with Crippen molar-refractivity contribution >= 4 is 35.0 Å². The molecule has 6 atom stereocenters. The first-order valence-electron chi connectivity index (χ1n) is 11.8. The van der Waals surface area contributed by atoms with Gasteiger partial charge < -0.3 is 25.4 Å². The normalized spacial score (nSPS) is 29.7. The second-order valence-electron chi connectivity index (χ2n) is 9.45. The van der Waals surface area contributed by atoms with Crippen LogP contribution in [0.4, 0.5) is 5.69 Å². The molecule has 3 N–H and O–H groups in total. The standard InChI is InChI=1S/C26H28ClN3O5/c1-14-7-6-10-16(27)21(14)29-24(33)22-26-12-11-18(35-26)19(23(32)28-2)20(26)25(34)30(22)17(13-31)15-8-4-3-5-9-15/h3-10,17-20,22,31H,11-13H2,1-2H3,(H,28,32)(H,29,33)/t17-,18-,19+,20+,22?,26?/m1/s1. The number of aryl methyl sites for hydroxylation is 1. The molecule has 0 radical (unpaired) electrons. The lowest BCUT2D eigenvalue weighted by Gasteiger charge is -2.37. The highest BCUT2D eigenvalue weighted by atomic mass is 35.5. The number of hydrogen-bond donors (Lipinski definition) is 3. The van der Waals surface area contributed by atoms with Crippen LogP contribution in [0.3, 0.4) is 0 Å². The van der Waals surface area contributed by atoms with Gasteiger partial charge in [0.25, 0.3) is 0 Å². The number of benzene rings is 2. The highest BCUT2D eigenvalue weighted by Crippen LogP contribution is 2.59. The molecule has 0 aromatic heterocycles. The van der Waals surface area contributed by atoms with Crippen molar-refractivity contribution in [2.75, 3.05) is 19.0 Å². The van der Waals surface area contributed by atoms with Gasteiger partial charge in [-0.05, 0) is 37.0 Å². The molecule has 2 aromatic rings. The maximum atomic E-state index is 14.0. The lowest BCUT2D eigenvalue weighted by atomic mass is 9.70. The molecule has 2 aromatic carbocycles. The Labute approximate surface area is 208 Å². The number of carbonyl (C=O) groups is 3. The van der Waals surface area contributed by atoms with Crippen LogP contribution in [0.5, 0.6) is 0 Å². The van der Waals surface area contributed by atoms with E-state index >= 15 is 0 Å². The Kier molecular flexibility index (Phi) is 6.07. The maximum absolute atomic E-state index is 14.0. The average Bonchev–Trinajstić information content (AvgIpc) is 3.50. The van der Waals surface area contributed by atoms with Gasteiger partial charge >= 0.3 is 0 Å². The van der Waals surface area contributed by atoms with Crippen LogP contribution in [0.15, 0.2) is 48.5 Å². The van der Waals surface area contributed by atoms with E-state index in [1.807, 2.05) is 43.3 Å². The predicted octanol–water partition coefficient (Wildman–Crippen LogP) is 2.44. The summed E-state index contributed by atoms with van der Waals surface area (Å²) in [5.74, 6) is -2.61. The number of likely N-dealkylation sites (tertiary alicyclic amines) is 1. The summed E-state index contributed by atoms with van der Waals surface area (Å²) in [4.78, 5) is 42.3. The number of hydrogen-bond acceptors (Lipinski definition) is 5. The van der Waals surface area contributed by atoms with Crippen LogP contribution in [-0.2, 0) is 19.1 Å². The number of para-hydroxylation sites is 1. The third-order valence-corrected chi connectivity index (χ3v) is 8.01. The maximum Gasteiger partial charge on any atom is 0.250 e. The number of ether oxygens (including phenoxy) is 1. The lowest BCUT2D eigenvalue weighted by Crippen LogP contribution is -2.54. The van der Waals surface area contributed by atoms with Crippen LogP contribution < -0.4 is 10.6 Å². The molecule has 2 unspecified atom stereocenters. The summed E-state index contributed by atoms with van der Waals surface area (Å²) in [7, 11) is 1.53. The second-order valence-corrected chi connectivity index (χ2v) is 9.85. The van der Waals surface area contributed by atoms with Crippen molar-refractivity contribution in [1.82, 2.24) is 10.2 Å². The van der Waals surface area contributed by atoms with Crippen LogP contribution in [0.25, 0.3) is 0 Å². The number of aliphatic hydroxyl groups is 1. The van der Waals surface area contributed by atoms with E-state index < -0.39 is 41.5 Å². The van der Waals surface area contributed by atoms with Crippen LogP contribution in [-0.4, -0.2) is 59.1 Å². The number of amides is 3. The van der Waals surface area contributed by atoms with Gasteiger partial charge in [-0.25, -0.2) is 0 Å². The van der Waals surface area contributed by atoms with Crippen molar-refractivity contribution in [2.24, 2.45) is 11.8 Å². The minimum Gasteiger partial charge on any atom is -0.394 e. The lowest BCUT2D eigenvalue weighted by molar-refractivity contribution is -0.144. The zero-order valence-electron chi connectivity index (χ0n) is 19.5. The summed E-state index contributed by atoms with van der Waals surface area (Å²) in [6.07, 6.45) is 0.595.